The van der Waals surface area contributed by atoms with Gasteiger partial charge in [0.25, 0.3) is 0 Å². The zero-order chi connectivity index (χ0) is 19.1. The second-order valence-electron chi connectivity index (χ2n) is 7.02. The third-order valence-electron chi connectivity index (χ3n) is 4.72. The van der Waals surface area contributed by atoms with Crippen LogP contribution in [0.2, 0.25) is 0 Å². The predicted molar refractivity (Wildman–Crippen MR) is 117 cm³/mol. The molecule has 2 rings (SSSR count). The number of amides is 2. The molecule has 9 heteroatoms. The largest absolute Gasteiger partial charge is 0.497 e. The third-order valence-corrected chi connectivity index (χ3v) is 4.72. The molecule has 7 nitrogen and oxygen atoms in total. The predicted octanol–water partition coefficient (Wildman–Crippen LogP) is 2.04. The van der Waals surface area contributed by atoms with E-state index in [2.05, 4.69) is 10.6 Å². The average molecular weight is 435 g/mol. The average Bonchev–Trinajstić information content (AvgIpc) is 2.65. The number of piperidine rings is 1. The lowest BCUT2D eigenvalue weighted by molar-refractivity contribution is -0.134. The highest BCUT2D eigenvalue weighted by molar-refractivity contribution is 5.87. The number of carbonyl (C=O) groups is 2. The Morgan fingerprint density at radius 1 is 1.25 bits per heavy atom. The number of anilines is 1. The Balaban J connectivity index is 0.00000364. The first-order valence-corrected chi connectivity index (χ1v) is 9.12. The number of hydrogen-bond acceptors (Lipinski definition) is 5. The molecular formula is C19H32Cl2N4O3. The lowest BCUT2D eigenvalue weighted by Crippen LogP contribution is -2.50. The van der Waals surface area contributed by atoms with E-state index in [-0.39, 0.29) is 49.1 Å². The Labute approximate surface area is 179 Å². The number of nitrogens with zero attached hydrogens (tertiary/aromatic N) is 1. The van der Waals surface area contributed by atoms with Crippen molar-refractivity contribution in [3.63, 3.8) is 0 Å². The van der Waals surface area contributed by atoms with Crippen molar-refractivity contribution in [1.82, 2.24) is 10.2 Å². The van der Waals surface area contributed by atoms with E-state index in [1.165, 1.54) is 0 Å². The van der Waals surface area contributed by atoms with Gasteiger partial charge in [-0.05, 0) is 30.9 Å². The van der Waals surface area contributed by atoms with Crippen molar-refractivity contribution >= 4 is 42.3 Å². The van der Waals surface area contributed by atoms with E-state index in [1.54, 1.807) is 12.0 Å². The maximum Gasteiger partial charge on any atom is 0.241 e. The van der Waals surface area contributed by atoms with Crippen LogP contribution in [-0.4, -0.2) is 55.5 Å². The van der Waals surface area contributed by atoms with E-state index < -0.39 is 6.04 Å². The number of nitrogens with one attached hydrogen (secondary N) is 2. The summed E-state index contributed by atoms with van der Waals surface area (Å²) in [5, 5.41) is 6.13. The van der Waals surface area contributed by atoms with Gasteiger partial charge in [-0.1, -0.05) is 19.9 Å². The highest BCUT2D eigenvalue weighted by Gasteiger charge is 2.24. The Kier molecular flexibility index (Phi) is 11.9. The number of rotatable bonds is 7. The van der Waals surface area contributed by atoms with Crippen LogP contribution in [0.25, 0.3) is 0 Å². The fourth-order valence-corrected chi connectivity index (χ4v) is 2.92. The van der Waals surface area contributed by atoms with Crippen molar-refractivity contribution in [3.05, 3.63) is 24.3 Å². The van der Waals surface area contributed by atoms with Crippen molar-refractivity contribution in [2.24, 2.45) is 11.7 Å². The van der Waals surface area contributed by atoms with Crippen molar-refractivity contribution < 1.29 is 14.3 Å². The molecule has 0 aromatic heterocycles. The van der Waals surface area contributed by atoms with Crippen LogP contribution in [0.5, 0.6) is 5.75 Å². The molecule has 1 aromatic carbocycles. The molecule has 2 amide bonds. The SMILES string of the molecule is COc1cccc(NC2CCN(C(=O)CNC(=O)[C@@H](N)C(C)C)CC2)c1.Cl.Cl. The first-order chi connectivity index (χ1) is 12.4. The second-order valence-corrected chi connectivity index (χ2v) is 7.02. The van der Waals surface area contributed by atoms with Gasteiger partial charge in [-0.2, -0.15) is 0 Å². The van der Waals surface area contributed by atoms with Crippen LogP contribution in [0.1, 0.15) is 26.7 Å². The molecule has 0 aliphatic carbocycles. The van der Waals surface area contributed by atoms with Crippen LogP contribution >= 0.6 is 24.8 Å². The third kappa shape index (κ3) is 7.73. The number of carbonyl (C=O) groups excluding carboxylic acids is 2. The van der Waals surface area contributed by atoms with Gasteiger partial charge < -0.3 is 26.0 Å². The molecule has 4 N–H and O–H groups in total. The lowest BCUT2D eigenvalue weighted by Gasteiger charge is -2.33. The summed E-state index contributed by atoms with van der Waals surface area (Å²) in [6.45, 7) is 5.12. The number of ether oxygens (including phenoxy) is 1. The van der Waals surface area contributed by atoms with Gasteiger partial charge in [-0.3, -0.25) is 9.59 Å². The molecule has 0 radical (unpaired) electrons. The van der Waals surface area contributed by atoms with E-state index in [1.807, 2.05) is 38.1 Å². The summed E-state index contributed by atoms with van der Waals surface area (Å²) >= 11 is 0. The summed E-state index contributed by atoms with van der Waals surface area (Å²) in [5.74, 6) is 0.526. The van der Waals surface area contributed by atoms with Crippen LogP contribution in [0.3, 0.4) is 0 Å². The fourth-order valence-electron chi connectivity index (χ4n) is 2.92. The van der Waals surface area contributed by atoms with Crippen molar-refractivity contribution in [1.29, 1.82) is 0 Å². The van der Waals surface area contributed by atoms with E-state index in [9.17, 15) is 9.59 Å². The van der Waals surface area contributed by atoms with Crippen molar-refractivity contribution in [2.45, 2.75) is 38.8 Å². The maximum absolute atomic E-state index is 12.3. The highest BCUT2D eigenvalue weighted by atomic mass is 35.5. The molecule has 0 spiro atoms. The molecule has 1 atom stereocenters. The summed E-state index contributed by atoms with van der Waals surface area (Å²) in [6, 6.07) is 7.56. The molecule has 1 fully saturated rings. The van der Waals surface area contributed by atoms with Gasteiger partial charge in [0.1, 0.15) is 5.75 Å². The Morgan fingerprint density at radius 2 is 1.89 bits per heavy atom. The summed E-state index contributed by atoms with van der Waals surface area (Å²) in [6.07, 6.45) is 1.73. The first-order valence-electron chi connectivity index (χ1n) is 9.12. The number of methoxy groups -OCH3 is 1. The second kappa shape index (κ2) is 12.7. The molecule has 1 saturated heterocycles. The standard InChI is InChI=1S/C19H30N4O3.2ClH/c1-13(2)18(20)19(25)21-12-17(24)23-9-7-14(8-10-23)22-15-5-4-6-16(11-15)26-3;;/h4-6,11,13-14,18,22H,7-10,12,20H2,1-3H3,(H,21,25);2*1H/t18-;;/m0../s1. The van der Waals surface area contributed by atoms with Gasteiger partial charge in [-0.25, -0.2) is 0 Å². The fraction of sp³-hybridized carbons (Fsp3) is 0.579. The normalized spacial score (nSPS) is 15.1. The lowest BCUT2D eigenvalue weighted by atomic mass is 10.0. The van der Waals surface area contributed by atoms with E-state index in [0.29, 0.717) is 19.1 Å². The summed E-state index contributed by atoms with van der Waals surface area (Å²) in [4.78, 5) is 25.9. The van der Waals surface area contributed by atoms with Crippen LogP contribution in [-0.2, 0) is 9.59 Å². The molecule has 160 valence electrons. The van der Waals surface area contributed by atoms with Crippen LogP contribution in [0.4, 0.5) is 5.69 Å². The molecule has 0 unspecified atom stereocenters. The molecular weight excluding hydrogens is 403 g/mol. The summed E-state index contributed by atoms with van der Waals surface area (Å²) in [7, 11) is 1.65. The first kappa shape index (κ1) is 26.3. The molecule has 1 aliphatic heterocycles. The number of halogens is 2. The zero-order valence-electron chi connectivity index (χ0n) is 16.6. The Bertz CT molecular complexity index is 623. The topological polar surface area (TPSA) is 96.7 Å². The maximum atomic E-state index is 12.3. The molecule has 1 heterocycles. The van der Waals surface area contributed by atoms with E-state index in [0.717, 1.165) is 24.3 Å². The molecule has 1 aliphatic rings. The smallest absolute Gasteiger partial charge is 0.241 e. The quantitative estimate of drug-likeness (QED) is 0.609. The molecule has 1 aromatic rings. The van der Waals surface area contributed by atoms with Crippen LogP contribution < -0.4 is 21.1 Å². The van der Waals surface area contributed by atoms with Crippen LogP contribution in [0, 0.1) is 5.92 Å². The van der Waals surface area contributed by atoms with Gasteiger partial charge in [-0.15, -0.1) is 24.8 Å². The highest BCUT2D eigenvalue weighted by Crippen LogP contribution is 2.20. The van der Waals surface area contributed by atoms with Gasteiger partial charge in [0.2, 0.25) is 11.8 Å². The van der Waals surface area contributed by atoms with Crippen LogP contribution in [0.15, 0.2) is 24.3 Å². The van der Waals surface area contributed by atoms with Gasteiger partial charge in [0, 0.05) is 30.9 Å². The summed E-state index contributed by atoms with van der Waals surface area (Å²) in [5.41, 5.74) is 6.80. The monoisotopic (exact) mass is 434 g/mol. The minimum Gasteiger partial charge on any atom is -0.497 e. The Morgan fingerprint density at radius 3 is 2.46 bits per heavy atom. The van der Waals surface area contributed by atoms with Gasteiger partial charge >= 0.3 is 0 Å². The van der Waals surface area contributed by atoms with Gasteiger partial charge in [0.15, 0.2) is 0 Å². The van der Waals surface area contributed by atoms with Crippen molar-refractivity contribution in [3.8, 4) is 5.75 Å². The number of likely N-dealkylation sites (tertiary alicyclic amines) is 1. The Hall–Kier alpha value is -1.70. The summed E-state index contributed by atoms with van der Waals surface area (Å²) < 4.78 is 5.23. The number of nitrogens with two attached hydrogens (primary N) is 1. The molecule has 28 heavy (non-hydrogen) atoms. The minimum absolute atomic E-state index is 0. The molecule has 0 bridgehead atoms. The number of benzene rings is 1. The minimum atomic E-state index is -0.583. The molecule has 0 saturated carbocycles. The van der Waals surface area contributed by atoms with Gasteiger partial charge in [0.05, 0.1) is 19.7 Å². The van der Waals surface area contributed by atoms with Crippen molar-refractivity contribution in [2.75, 3.05) is 32.1 Å². The number of hydrogen-bond donors (Lipinski definition) is 3. The zero-order valence-corrected chi connectivity index (χ0v) is 18.3. The van der Waals surface area contributed by atoms with E-state index >= 15 is 0 Å². The van der Waals surface area contributed by atoms with E-state index in [4.69, 9.17) is 10.5 Å².